The van der Waals surface area contributed by atoms with Gasteiger partial charge in [-0.1, -0.05) is 47.5 Å². The van der Waals surface area contributed by atoms with Crippen LogP contribution in [0.5, 0.6) is 0 Å². The first kappa shape index (κ1) is 20.2. The Kier molecular flexibility index (Phi) is 5.84. The van der Waals surface area contributed by atoms with E-state index in [1.165, 1.54) is 0 Å². The summed E-state index contributed by atoms with van der Waals surface area (Å²) in [5, 5.41) is 13.8. The minimum Gasteiger partial charge on any atom is -0.481 e. The van der Waals surface area contributed by atoms with Gasteiger partial charge in [0.25, 0.3) is 0 Å². The van der Waals surface area contributed by atoms with Crippen LogP contribution in [0.3, 0.4) is 0 Å². The first-order valence-corrected chi connectivity index (χ1v) is 10.7. The number of amides is 1. The maximum Gasteiger partial charge on any atom is 0.304 e. The lowest BCUT2D eigenvalue weighted by atomic mass is 9.71. The van der Waals surface area contributed by atoms with Gasteiger partial charge in [-0.25, -0.2) is 0 Å². The predicted molar refractivity (Wildman–Crippen MR) is 113 cm³/mol. The van der Waals surface area contributed by atoms with E-state index < -0.39 is 11.9 Å². The molecule has 152 valence electrons. The van der Waals surface area contributed by atoms with E-state index in [1.54, 1.807) is 0 Å². The van der Waals surface area contributed by atoms with Crippen molar-refractivity contribution in [2.24, 2.45) is 11.8 Å². The van der Waals surface area contributed by atoms with Crippen LogP contribution in [0, 0.1) is 11.8 Å². The molecule has 1 heterocycles. The number of piperidine rings is 1. The van der Waals surface area contributed by atoms with E-state index in [0.29, 0.717) is 22.4 Å². The maximum absolute atomic E-state index is 12.8. The van der Waals surface area contributed by atoms with E-state index in [9.17, 15) is 14.7 Å². The van der Waals surface area contributed by atoms with Crippen molar-refractivity contribution in [1.29, 1.82) is 0 Å². The highest BCUT2D eigenvalue weighted by atomic mass is 35.5. The van der Waals surface area contributed by atoms with Gasteiger partial charge in [0.1, 0.15) is 0 Å². The molecule has 2 aromatic rings. The molecule has 1 aliphatic carbocycles. The molecule has 1 saturated heterocycles. The first-order valence-electron chi connectivity index (χ1n) is 9.95. The zero-order chi connectivity index (χ0) is 20.5. The van der Waals surface area contributed by atoms with Gasteiger partial charge in [-0.05, 0) is 60.6 Å². The zero-order valence-corrected chi connectivity index (χ0v) is 17.4. The minimum absolute atomic E-state index is 0.00275. The van der Waals surface area contributed by atoms with E-state index >= 15 is 0 Å². The van der Waals surface area contributed by atoms with Crippen LogP contribution in [0.25, 0.3) is 0 Å². The molecule has 0 radical (unpaired) electrons. The molecule has 1 aliphatic heterocycles. The average Bonchev–Trinajstić information content (AvgIpc) is 3.50. The van der Waals surface area contributed by atoms with Gasteiger partial charge in [0.05, 0.1) is 6.42 Å². The Bertz CT molecular complexity index is 911. The summed E-state index contributed by atoms with van der Waals surface area (Å²) in [5.41, 5.74) is 2.20. The molecule has 29 heavy (non-hydrogen) atoms. The number of carbonyl (C=O) groups is 2. The molecule has 4 atom stereocenters. The summed E-state index contributed by atoms with van der Waals surface area (Å²) >= 11 is 12.3. The van der Waals surface area contributed by atoms with Crippen molar-refractivity contribution >= 4 is 35.1 Å². The van der Waals surface area contributed by atoms with Crippen molar-refractivity contribution < 1.29 is 14.7 Å². The highest BCUT2D eigenvalue weighted by molar-refractivity contribution is 6.30. The van der Waals surface area contributed by atoms with Crippen LogP contribution in [-0.4, -0.2) is 23.0 Å². The fraction of sp³-hybridized carbons (Fsp3) is 0.391. The lowest BCUT2D eigenvalue weighted by molar-refractivity contribution is -0.142. The molecule has 1 saturated carbocycles. The molecule has 2 aliphatic rings. The quantitative estimate of drug-likeness (QED) is 0.655. The van der Waals surface area contributed by atoms with Crippen LogP contribution in [0.2, 0.25) is 10.0 Å². The molecular formula is C23H23Cl2NO3. The number of halogens is 2. The molecule has 2 N–H and O–H groups in total. The molecule has 2 fully saturated rings. The Morgan fingerprint density at radius 3 is 2.45 bits per heavy atom. The van der Waals surface area contributed by atoms with E-state index in [2.05, 4.69) is 5.32 Å². The lowest BCUT2D eigenvalue weighted by Crippen LogP contribution is -2.52. The van der Waals surface area contributed by atoms with E-state index in [4.69, 9.17) is 23.2 Å². The topological polar surface area (TPSA) is 66.4 Å². The average molecular weight is 432 g/mol. The summed E-state index contributed by atoms with van der Waals surface area (Å²) < 4.78 is 0. The third-order valence-corrected chi connectivity index (χ3v) is 6.61. The van der Waals surface area contributed by atoms with Gasteiger partial charge in [-0.15, -0.1) is 0 Å². The number of carbonyl (C=O) groups excluding carboxylic acids is 1. The van der Waals surface area contributed by atoms with Crippen molar-refractivity contribution in [2.45, 2.75) is 43.6 Å². The number of nitrogens with one attached hydrogen (secondary N) is 1. The second kappa shape index (κ2) is 8.37. The standard InChI is InChI=1S/C23H23Cl2NO3/c24-17-8-6-14(7-9-17)21(13-4-5-13)22-19(15-2-1-3-18(25)10-15)11-16(12-20(27)28)23(29)26-22/h1-3,6-10,13,16,19,21-22H,4-5,11-12H2,(H,26,29)(H,27,28). The monoisotopic (exact) mass is 431 g/mol. The normalized spacial score (nSPS) is 25.3. The first-order chi connectivity index (χ1) is 13.9. The predicted octanol–water partition coefficient (Wildman–Crippen LogP) is 5.25. The molecule has 4 unspecified atom stereocenters. The van der Waals surface area contributed by atoms with E-state index in [0.717, 1.165) is 24.0 Å². The van der Waals surface area contributed by atoms with Crippen LogP contribution in [0.15, 0.2) is 48.5 Å². The van der Waals surface area contributed by atoms with Gasteiger partial charge in [0, 0.05) is 33.8 Å². The number of aliphatic carboxylic acids is 1. The van der Waals surface area contributed by atoms with Crippen LogP contribution < -0.4 is 5.32 Å². The highest BCUT2D eigenvalue weighted by Crippen LogP contribution is 2.50. The smallest absolute Gasteiger partial charge is 0.304 e. The molecule has 6 heteroatoms. The summed E-state index contributed by atoms with van der Waals surface area (Å²) in [6, 6.07) is 15.4. The second-order valence-electron chi connectivity index (χ2n) is 8.14. The number of rotatable bonds is 6. The van der Waals surface area contributed by atoms with E-state index in [1.807, 2.05) is 48.5 Å². The molecule has 4 nitrogen and oxygen atoms in total. The van der Waals surface area contributed by atoms with E-state index in [-0.39, 0.29) is 30.2 Å². The Balaban J connectivity index is 1.72. The largest absolute Gasteiger partial charge is 0.481 e. The zero-order valence-electron chi connectivity index (χ0n) is 15.9. The minimum atomic E-state index is -0.954. The fourth-order valence-electron chi connectivity index (χ4n) is 4.66. The Labute approximate surface area is 180 Å². The summed E-state index contributed by atoms with van der Waals surface area (Å²) in [4.78, 5) is 24.1. The SMILES string of the molecule is O=C(O)CC1CC(c2cccc(Cl)c2)C(C(c2ccc(Cl)cc2)C2CC2)NC1=O. The van der Waals surface area contributed by atoms with Gasteiger partial charge >= 0.3 is 5.97 Å². The van der Waals surface area contributed by atoms with Gasteiger partial charge < -0.3 is 10.4 Å². The molecular weight excluding hydrogens is 409 g/mol. The third-order valence-electron chi connectivity index (χ3n) is 6.12. The second-order valence-corrected chi connectivity index (χ2v) is 9.01. The Hall–Kier alpha value is -2.04. The van der Waals surface area contributed by atoms with Crippen LogP contribution in [0.1, 0.15) is 48.6 Å². The summed E-state index contributed by atoms with van der Waals surface area (Å²) in [6.45, 7) is 0. The van der Waals surface area contributed by atoms with Crippen molar-refractivity contribution in [1.82, 2.24) is 5.32 Å². The van der Waals surface area contributed by atoms with Gasteiger partial charge in [-0.2, -0.15) is 0 Å². The lowest BCUT2D eigenvalue weighted by Gasteiger charge is -2.41. The Morgan fingerprint density at radius 1 is 1.10 bits per heavy atom. The summed E-state index contributed by atoms with van der Waals surface area (Å²) in [7, 11) is 0. The molecule has 0 aromatic heterocycles. The Morgan fingerprint density at radius 2 is 1.83 bits per heavy atom. The maximum atomic E-state index is 12.8. The third kappa shape index (κ3) is 4.59. The molecule has 1 amide bonds. The van der Waals surface area contributed by atoms with Crippen molar-refractivity contribution in [3.05, 3.63) is 69.7 Å². The fourth-order valence-corrected chi connectivity index (χ4v) is 4.99. The van der Waals surface area contributed by atoms with Crippen molar-refractivity contribution in [2.75, 3.05) is 0 Å². The number of hydrogen-bond acceptors (Lipinski definition) is 2. The number of benzene rings is 2. The van der Waals surface area contributed by atoms with Crippen LogP contribution >= 0.6 is 23.2 Å². The van der Waals surface area contributed by atoms with Gasteiger partial charge in [0.2, 0.25) is 5.91 Å². The van der Waals surface area contributed by atoms with Crippen LogP contribution in [0.4, 0.5) is 0 Å². The van der Waals surface area contributed by atoms with Gasteiger partial charge in [0.15, 0.2) is 0 Å². The van der Waals surface area contributed by atoms with Crippen LogP contribution in [-0.2, 0) is 9.59 Å². The summed E-state index contributed by atoms with van der Waals surface area (Å²) in [5.74, 6) is -1.01. The van der Waals surface area contributed by atoms with Gasteiger partial charge in [-0.3, -0.25) is 9.59 Å². The number of carboxylic acids is 1. The molecule has 0 spiro atoms. The highest BCUT2D eigenvalue weighted by Gasteiger charge is 2.46. The number of hydrogen-bond donors (Lipinski definition) is 2. The molecule has 4 rings (SSSR count). The molecule has 2 aromatic carbocycles. The van der Waals surface area contributed by atoms with Crippen molar-refractivity contribution in [3.63, 3.8) is 0 Å². The molecule has 0 bridgehead atoms. The van der Waals surface area contributed by atoms with Crippen molar-refractivity contribution in [3.8, 4) is 0 Å². The summed E-state index contributed by atoms with van der Waals surface area (Å²) in [6.07, 6.45) is 2.59. The number of carboxylic acid groups (broad SMARTS) is 1.